The molecule has 0 saturated carbocycles. The summed E-state index contributed by atoms with van der Waals surface area (Å²) in [6.07, 6.45) is -0.839. The first-order valence-electron chi connectivity index (χ1n) is 6.43. The van der Waals surface area contributed by atoms with E-state index in [4.69, 9.17) is 5.73 Å². The van der Waals surface area contributed by atoms with Gasteiger partial charge in [0.05, 0.1) is 6.10 Å². The number of aryl methyl sites for hydroxylation is 1. The van der Waals surface area contributed by atoms with Gasteiger partial charge in [0.15, 0.2) is 0 Å². The third-order valence-electron chi connectivity index (χ3n) is 3.50. The largest absolute Gasteiger partial charge is 0.388 e. The van der Waals surface area contributed by atoms with Crippen molar-refractivity contribution in [3.63, 3.8) is 0 Å². The van der Waals surface area contributed by atoms with Gasteiger partial charge in [-0.3, -0.25) is 0 Å². The van der Waals surface area contributed by atoms with Crippen molar-refractivity contribution >= 4 is 15.9 Å². The van der Waals surface area contributed by atoms with Crippen LogP contribution in [0, 0.1) is 12.7 Å². The van der Waals surface area contributed by atoms with Gasteiger partial charge in [0, 0.05) is 16.9 Å². The van der Waals surface area contributed by atoms with Gasteiger partial charge >= 0.3 is 0 Å². The zero-order valence-electron chi connectivity index (χ0n) is 11.2. The van der Waals surface area contributed by atoms with Gasteiger partial charge in [0.1, 0.15) is 5.82 Å². The van der Waals surface area contributed by atoms with Crippen LogP contribution < -0.4 is 5.73 Å². The minimum Gasteiger partial charge on any atom is -0.388 e. The van der Waals surface area contributed by atoms with Crippen LogP contribution in [-0.4, -0.2) is 11.7 Å². The fraction of sp³-hybridized carbons (Fsp3) is 0.250. The van der Waals surface area contributed by atoms with Crippen LogP contribution in [0.15, 0.2) is 46.9 Å². The molecular weight excluding hydrogens is 321 g/mol. The van der Waals surface area contributed by atoms with Crippen molar-refractivity contribution < 1.29 is 9.50 Å². The summed E-state index contributed by atoms with van der Waals surface area (Å²) in [6.45, 7) is 2.09. The van der Waals surface area contributed by atoms with Gasteiger partial charge in [0.25, 0.3) is 0 Å². The molecule has 106 valence electrons. The second-order valence-corrected chi connectivity index (χ2v) is 5.73. The van der Waals surface area contributed by atoms with Crippen LogP contribution >= 0.6 is 15.9 Å². The van der Waals surface area contributed by atoms with Gasteiger partial charge in [0.2, 0.25) is 0 Å². The highest BCUT2D eigenvalue weighted by Crippen LogP contribution is 2.34. The fourth-order valence-electron chi connectivity index (χ4n) is 2.35. The number of hydrogen-bond donors (Lipinski definition) is 2. The molecule has 2 aromatic rings. The van der Waals surface area contributed by atoms with Crippen molar-refractivity contribution in [1.29, 1.82) is 0 Å². The summed E-state index contributed by atoms with van der Waals surface area (Å²) in [5, 5.41) is 10.6. The maximum Gasteiger partial charge on any atom is 0.126 e. The molecule has 2 nitrogen and oxygen atoms in total. The Balaban J connectivity index is 2.41. The van der Waals surface area contributed by atoms with E-state index in [-0.39, 0.29) is 12.4 Å². The third kappa shape index (κ3) is 3.08. The van der Waals surface area contributed by atoms with Crippen LogP contribution in [0.2, 0.25) is 0 Å². The summed E-state index contributed by atoms with van der Waals surface area (Å²) in [5.41, 5.74) is 7.92. The molecule has 2 atom stereocenters. The Morgan fingerprint density at radius 2 is 1.90 bits per heavy atom. The van der Waals surface area contributed by atoms with E-state index in [0.29, 0.717) is 5.56 Å². The van der Waals surface area contributed by atoms with E-state index in [2.05, 4.69) is 15.9 Å². The van der Waals surface area contributed by atoms with E-state index < -0.39 is 12.0 Å². The molecule has 0 aromatic heterocycles. The Kier molecular flexibility index (Phi) is 4.91. The molecule has 3 N–H and O–H groups in total. The van der Waals surface area contributed by atoms with Crippen LogP contribution in [0.1, 0.15) is 28.7 Å². The lowest BCUT2D eigenvalue weighted by molar-refractivity contribution is 0.145. The van der Waals surface area contributed by atoms with Crippen molar-refractivity contribution in [2.45, 2.75) is 18.9 Å². The molecule has 0 saturated heterocycles. The van der Waals surface area contributed by atoms with Gasteiger partial charge in [-0.05, 0) is 41.8 Å². The SMILES string of the molecule is Cc1ccc(Br)cc1C(O)C(CN)c1ccccc1F. The first-order valence-corrected chi connectivity index (χ1v) is 7.22. The molecule has 20 heavy (non-hydrogen) atoms. The summed E-state index contributed by atoms with van der Waals surface area (Å²) < 4.78 is 14.8. The highest BCUT2D eigenvalue weighted by Gasteiger charge is 2.25. The molecule has 0 aliphatic rings. The quantitative estimate of drug-likeness (QED) is 0.893. The van der Waals surface area contributed by atoms with E-state index in [1.54, 1.807) is 18.2 Å². The molecule has 0 amide bonds. The lowest BCUT2D eigenvalue weighted by Crippen LogP contribution is -2.21. The van der Waals surface area contributed by atoms with E-state index in [0.717, 1.165) is 15.6 Å². The van der Waals surface area contributed by atoms with E-state index in [1.165, 1.54) is 6.07 Å². The smallest absolute Gasteiger partial charge is 0.126 e. The van der Waals surface area contributed by atoms with Crippen molar-refractivity contribution in [3.05, 3.63) is 69.4 Å². The number of aliphatic hydroxyl groups is 1. The zero-order chi connectivity index (χ0) is 14.7. The van der Waals surface area contributed by atoms with E-state index in [1.807, 2.05) is 25.1 Å². The minimum atomic E-state index is -0.839. The Labute approximate surface area is 126 Å². The van der Waals surface area contributed by atoms with Crippen molar-refractivity contribution in [1.82, 2.24) is 0 Å². The van der Waals surface area contributed by atoms with Crippen LogP contribution in [0.5, 0.6) is 0 Å². The normalized spacial score (nSPS) is 14.1. The molecule has 0 radical (unpaired) electrons. The van der Waals surface area contributed by atoms with Gasteiger partial charge in [-0.15, -0.1) is 0 Å². The molecule has 0 bridgehead atoms. The fourth-order valence-corrected chi connectivity index (χ4v) is 2.73. The second kappa shape index (κ2) is 6.48. The molecule has 0 fully saturated rings. The topological polar surface area (TPSA) is 46.2 Å². The molecule has 2 rings (SSSR count). The van der Waals surface area contributed by atoms with Crippen LogP contribution in [-0.2, 0) is 0 Å². The maximum atomic E-state index is 13.9. The van der Waals surface area contributed by atoms with Crippen molar-refractivity contribution in [2.75, 3.05) is 6.54 Å². The van der Waals surface area contributed by atoms with Gasteiger partial charge in [-0.1, -0.05) is 40.2 Å². The number of rotatable bonds is 4. The summed E-state index contributed by atoms with van der Waals surface area (Å²) in [7, 11) is 0. The lowest BCUT2D eigenvalue weighted by Gasteiger charge is -2.24. The monoisotopic (exact) mass is 337 g/mol. The Morgan fingerprint density at radius 1 is 1.20 bits per heavy atom. The first kappa shape index (κ1) is 15.2. The molecule has 0 heterocycles. The predicted octanol–water partition coefficient (Wildman–Crippen LogP) is 3.67. The van der Waals surface area contributed by atoms with Crippen LogP contribution in [0.3, 0.4) is 0 Å². The van der Waals surface area contributed by atoms with E-state index in [9.17, 15) is 9.50 Å². The Hall–Kier alpha value is -1.23. The number of nitrogens with two attached hydrogens (primary N) is 1. The van der Waals surface area contributed by atoms with Gasteiger partial charge < -0.3 is 10.8 Å². The highest BCUT2D eigenvalue weighted by atomic mass is 79.9. The molecule has 2 aromatic carbocycles. The number of aliphatic hydroxyl groups excluding tert-OH is 1. The lowest BCUT2D eigenvalue weighted by atomic mass is 9.87. The minimum absolute atomic E-state index is 0.175. The number of benzene rings is 2. The molecule has 4 heteroatoms. The summed E-state index contributed by atoms with van der Waals surface area (Å²) in [5.74, 6) is -0.807. The average Bonchev–Trinajstić information content (AvgIpc) is 2.44. The third-order valence-corrected chi connectivity index (χ3v) is 3.99. The van der Waals surface area contributed by atoms with Crippen LogP contribution in [0.4, 0.5) is 4.39 Å². The van der Waals surface area contributed by atoms with Gasteiger partial charge in [-0.2, -0.15) is 0 Å². The van der Waals surface area contributed by atoms with Crippen molar-refractivity contribution in [3.8, 4) is 0 Å². The van der Waals surface area contributed by atoms with E-state index >= 15 is 0 Å². The highest BCUT2D eigenvalue weighted by molar-refractivity contribution is 9.10. The summed E-state index contributed by atoms with van der Waals surface area (Å²) in [6, 6.07) is 12.1. The average molecular weight is 338 g/mol. The molecule has 0 aliphatic heterocycles. The standard InChI is InChI=1S/C16H17BrFNO/c1-10-6-7-11(17)8-13(10)16(20)14(9-19)12-4-2-3-5-15(12)18/h2-8,14,16,20H,9,19H2,1H3. The molecule has 0 aliphatic carbocycles. The predicted molar refractivity (Wildman–Crippen MR) is 82.0 cm³/mol. The van der Waals surface area contributed by atoms with Crippen molar-refractivity contribution in [2.24, 2.45) is 5.73 Å². The number of hydrogen-bond acceptors (Lipinski definition) is 2. The number of halogens is 2. The Morgan fingerprint density at radius 3 is 2.55 bits per heavy atom. The first-order chi connectivity index (χ1) is 9.54. The maximum absolute atomic E-state index is 13.9. The van der Waals surface area contributed by atoms with Crippen LogP contribution in [0.25, 0.3) is 0 Å². The van der Waals surface area contributed by atoms with Gasteiger partial charge in [-0.25, -0.2) is 4.39 Å². The summed E-state index contributed by atoms with van der Waals surface area (Å²) >= 11 is 3.39. The molecule has 0 spiro atoms. The second-order valence-electron chi connectivity index (χ2n) is 4.81. The zero-order valence-corrected chi connectivity index (χ0v) is 12.8. The molecular formula is C16H17BrFNO. The summed E-state index contributed by atoms with van der Waals surface area (Å²) in [4.78, 5) is 0. The molecule has 2 unspecified atom stereocenters. The Bertz CT molecular complexity index is 603.